The van der Waals surface area contributed by atoms with Gasteiger partial charge in [0.15, 0.2) is 5.01 Å². The van der Waals surface area contributed by atoms with Crippen molar-refractivity contribution in [2.24, 2.45) is 11.1 Å². The monoisotopic (exact) mass is 391 g/mol. The fourth-order valence-corrected chi connectivity index (χ4v) is 3.99. The molecule has 1 aromatic rings. The second-order valence-electron chi connectivity index (χ2n) is 6.95. The van der Waals surface area contributed by atoms with Crippen molar-refractivity contribution in [1.82, 2.24) is 10.3 Å². The summed E-state index contributed by atoms with van der Waals surface area (Å²) in [4.78, 5) is 29.1. The van der Waals surface area contributed by atoms with Crippen LogP contribution in [0.3, 0.4) is 0 Å². The van der Waals surface area contributed by atoms with Crippen molar-refractivity contribution in [2.75, 3.05) is 26.3 Å². The first-order valence-electron chi connectivity index (χ1n) is 9.35. The Kier molecular flexibility index (Phi) is 8.50. The van der Waals surface area contributed by atoms with Gasteiger partial charge in [-0.1, -0.05) is 25.7 Å². The van der Waals surface area contributed by atoms with Gasteiger partial charge in [-0.05, 0) is 38.3 Å². The first-order valence-corrected chi connectivity index (χ1v) is 10.2. The number of unbranched alkanes of at least 4 members (excludes halogenated alkanes) is 1. The number of carbonyl (C=O) groups excluding carboxylic acids is 2. The molecule has 148 valence electrons. The Hall–Kier alpha value is -1.67. The second kappa shape index (κ2) is 10.6. The Balaban J connectivity index is 2.14. The van der Waals surface area contributed by atoms with Crippen LogP contribution in [0, 0.1) is 5.41 Å². The van der Waals surface area contributed by atoms with Crippen molar-refractivity contribution >= 4 is 36.1 Å². The minimum Gasteiger partial charge on any atom is -0.380 e. The summed E-state index contributed by atoms with van der Waals surface area (Å²) in [6.45, 7) is 9.69. The minimum atomic E-state index is -0.563. The predicted molar refractivity (Wildman–Crippen MR) is 109 cm³/mol. The number of carbonyl (C=O) groups is 2. The average Bonchev–Trinajstić information content (AvgIpc) is 3.05. The maximum absolute atomic E-state index is 13.0. The highest BCUT2D eigenvalue weighted by Gasteiger charge is 2.34. The topological polar surface area (TPSA) is 94.3 Å². The van der Waals surface area contributed by atoms with Gasteiger partial charge in [0.25, 0.3) is 0 Å². The number of ether oxygens (including phenoxy) is 1. The molecule has 2 atom stereocenters. The Morgan fingerprint density at radius 3 is 2.93 bits per heavy atom. The van der Waals surface area contributed by atoms with Gasteiger partial charge in [-0.2, -0.15) is 0 Å². The molecule has 1 aromatic heterocycles. The summed E-state index contributed by atoms with van der Waals surface area (Å²) in [6, 6.07) is -0.405. The summed E-state index contributed by atoms with van der Waals surface area (Å²) in [7, 11) is 0. The molecule has 0 amide bonds. The number of nitrogens with one attached hydrogen (secondary N) is 1. The van der Waals surface area contributed by atoms with E-state index in [9.17, 15) is 9.59 Å². The van der Waals surface area contributed by atoms with Crippen molar-refractivity contribution in [2.45, 2.75) is 38.1 Å². The molecule has 0 aliphatic carbocycles. The zero-order valence-corrected chi connectivity index (χ0v) is 16.6. The van der Waals surface area contributed by atoms with Crippen molar-refractivity contribution in [3.8, 4) is 0 Å². The summed E-state index contributed by atoms with van der Waals surface area (Å²) in [5, 5.41) is 4.41. The molecule has 2 rings (SSSR count). The van der Waals surface area contributed by atoms with Crippen LogP contribution in [-0.2, 0) is 9.53 Å². The quantitative estimate of drug-likeness (QED) is 0.329. The van der Waals surface area contributed by atoms with E-state index >= 15 is 0 Å². The highest BCUT2D eigenvalue weighted by molar-refractivity contribution is 7.11. The molecule has 2 unspecified atom stereocenters. The number of aromatic nitrogens is 1. The Morgan fingerprint density at radius 2 is 2.30 bits per heavy atom. The van der Waals surface area contributed by atoms with E-state index in [2.05, 4.69) is 23.5 Å². The van der Waals surface area contributed by atoms with Gasteiger partial charge in [0.2, 0.25) is 5.78 Å². The fraction of sp³-hybridized carbons (Fsp3) is 0.550. The zero-order chi connectivity index (χ0) is 19.7. The van der Waals surface area contributed by atoms with Crippen LogP contribution in [0.15, 0.2) is 12.7 Å². The number of Topliss-reactive ketones (excluding diaryl/α,β-unsaturated/α-hetero) is 1. The van der Waals surface area contributed by atoms with E-state index in [1.807, 2.05) is 0 Å². The van der Waals surface area contributed by atoms with Gasteiger partial charge in [0.05, 0.1) is 23.4 Å². The lowest BCUT2D eigenvalue weighted by Gasteiger charge is -2.33. The van der Waals surface area contributed by atoms with E-state index in [0.717, 1.165) is 36.5 Å². The molecule has 0 bridgehead atoms. The summed E-state index contributed by atoms with van der Waals surface area (Å²) >= 11 is 1.29. The molecule has 3 N–H and O–H groups in total. The third-order valence-electron chi connectivity index (χ3n) is 4.78. The predicted octanol–water partition coefficient (Wildman–Crippen LogP) is 0.786. The molecule has 0 spiro atoms. The molecule has 0 radical (unpaired) electrons. The lowest BCUT2D eigenvalue weighted by Crippen LogP contribution is -2.48. The van der Waals surface area contributed by atoms with E-state index in [-0.39, 0.29) is 5.78 Å². The van der Waals surface area contributed by atoms with Gasteiger partial charge in [-0.15, -0.1) is 11.3 Å². The number of hydrogen-bond donors (Lipinski definition) is 2. The van der Waals surface area contributed by atoms with Crippen LogP contribution in [0.25, 0.3) is 12.7 Å². The normalized spacial score (nSPS) is 21.7. The van der Waals surface area contributed by atoms with E-state index in [0.29, 0.717) is 43.1 Å². The summed E-state index contributed by atoms with van der Waals surface area (Å²) in [5.74, 6) is -0.0663. The second-order valence-corrected chi connectivity index (χ2v) is 8.03. The van der Waals surface area contributed by atoms with E-state index < -0.39 is 11.5 Å². The number of aldehydes is 1. The van der Waals surface area contributed by atoms with Gasteiger partial charge < -0.3 is 20.6 Å². The lowest BCUT2D eigenvalue weighted by atomic mass is 9.83. The Labute approximate surface area is 164 Å². The SMILES string of the molecule is C=C/C=c1/nc(C(=O)C(CCCCN)NCC2(C=O)CCCOC2)sc1=C. The highest BCUT2D eigenvalue weighted by Crippen LogP contribution is 2.26. The third kappa shape index (κ3) is 5.90. The standard InChI is InChI=1S/C20H29N3O3S/c1-3-7-16-15(2)27-19(23-16)18(25)17(8-4-5-10-21)22-12-20(13-24)9-6-11-26-14-20/h3,7,13,17,22H,1-2,4-6,8-12,14,21H2/b16-7+. The minimum absolute atomic E-state index is 0.0663. The first kappa shape index (κ1) is 21.6. The zero-order valence-electron chi connectivity index (χ0n) is 15.7. The first-order chi connectivity index (χ1) is 13.0. The molecule has 1 aliphatic rings. The number of ketones is 1. The van der Waals surface area contributed by atoms with Gasteiger partial charge >= 0.3 is 0 Å². The number of allylic oxidation sites excluding steroid dienone is 1. The molecular weight excluding hydrogens is 362 g/mol. The van der Waals surface area contributed by atoms with E-state index in [1.54, 1.807) is 12.2 Å². The Morgan fingerprint density at radius 1 is 1.48 bits per heavy atom. The summed E-state index contributed by atoms with van der Waals surface area (Å²) in [5.41, 5.74) is 5.03. The van der Waals surface area contributed by atoms with Crippen molar-refractivity contribution in [1.29, 1.82) is 0 Å². The fourth-order valence-electron chi connectivity index (χ4n) is 3.15. The van der Waals surface area contributed by atoms with Crippen LogP contribution >= 0.6 is 11.3 Å². The van der Waals surface area contributed by atoms with Crippen molar-refractivity contribution < 1.29 is 14.3 Å². The molecular formula is C20H29N3O3S. The summed E-state index contributed by atoms with van der Waals surface area (Å²) in [6.07, 6.45) is 8.29. The molecule has 0 aromatic carbocycles. The van der Waals surface area contributed by atoms with Gasteiger partial charge in [0.1, 0.15) is 6.29 Å². The molecule has 7 heteroatoms. The van der Waals surface area contributed by atoms with Crippen molar-refractivity contribution in [3.63, 3.8) is 0 Å². The van der Waals surface area contributed by atoms with Crippen LogP contribution in [-0.4, -0.2) is 49.4 Å². The molecule has 1 aliphatic heterocycles. The Bertz CT molecular complexity index is 753. The average molecular weight is 392 g/mol. The van der Waals surface area contributed by atoms with Gasteiger partial charge in [0, 0.05) is 17.7 Å². The number of thiazole rings is 1. The van der Waals surface area contributed by atoms with Crippen LogP contribution in [0.1, 0.15) is 41.9 Å². The molecule has 6 nitrogen and oxygen atoms in total. The third-order valence-corrected chi connectivity index (χ3v) is 5.72. The van der Waals surface area contributed by atoms with Gasteiger partial charge in [-0.3, -0.25) is 4.79 Å². The number of nitrogens with zero attached hydrogens (tertiary/aromatic N) is 1. The number of rotatable bonds is 11. The van der Waals surface area contributed by atoms with Crippen molar-refractivity contribution in [3.05, 3.63) is 27.5 Å². The molecule has 1 fully saturated rings. The largest absolute Gasteiger partial charge is 0.380 e. The summed E-state index contributed by atoms with van der Waals surface area (Å²) < 4.78 is 6.23. The molecule has 27 heavy (non-hydrogen) atoms. The van der Waals surface area contributed by atoms with Gasteiger partial charge in [-0.25, -0.2) is 4.98 Å². The molecule has 0 saturated carbocycles. The van der Waals surface area contributed by atoms with Crippen LogP contribution in [0.4, 0.5) is 0 Å². The van der Waals surface area contributed by atoms with E-state index in [1.165, 1.54) is 11.3 Å². The molecule has 2 heterocycles. The van der Waals surface area contributed by atoms with E-state index in [4.69, 9.17) is 10.5 Å². The number of nitrogens with two attached hydrogens (primary N) is 1. The highest BCUT2D eigenvalue weighted by atomic mass is 32.1. The lowest BCUT2D eigenvalue weighted by molar-refractivity contribution is -0.123. The smallest absolute Gasteiger partial charge is 0.208 e. The maximum atomic E-state index is 13.0. The van der Waals surface area contributed by atoms with Crippen LogP contribution < -0.4 is 20.9 Å². The maximum Gasteiger partial charge on any atom is 0.208 e. The van der Waals surface area contributed by atoms with Crippen LogP contribution in [0.5, 0.6) is 0 Å². The molecule has 1 saturated heterocycles. The number of hydrogen-bond acceptors (Lipinski definition) is 7. The van der Waals surface area contributed by atoms with Crippen LogP contribution in [0.2, 0.25) is 0 Å².